The maximum absolute atomic E-state index is 11.9. The Labute approximate surface area is 131 Å². The highest BCUT2D eigenvalue weighted by Gasteiger charge is 2.35. The van der Waals surface area contributed by atoms with Gasteiger partial charge in [0.25, 0.3) is 0 Å². The summed E-state index contributed by atoms with van der Waals surface area (Å²) in [5.74, 6) is 0.759. The lowest BCUT2D eigenvalue weighted by Crippen LogP contribution is -2.44. The highest BCUT2D eigenvalue weighted by atomic mass is 16.1. The number of carbonyl (C=O) groups excluding carboxylic acids is 1. The van der Waals surface area contributed by atoms with E-state index in [9.17, 15) is 4.79 Å². The molecule has 0 bridgehead atoms. The van der Waals surface area contributed by atoms with E-state index in [0.29, 0.717) is 0 Å². The monoisotopic (exact) mass is 293 g/mol. The number of hydrogen-bond donors (Lipinski definition) is 0. The van der Waals surface area contributed by atoms with E-state index in [1.165, 1.54) is 70.6 Å². The van der Waals surface area contributed by atoms with Crippen LogP contribution in [0.5, 0.6) is 0 Å². The molecule has 0 radical (unpaired) electrons. The topological polar surface area (TPSA) is 20.3 Å². The molecule has 2 heteroatoms. The van der Waals surface area contributed by atoms with E-state index >= 15 is 0 Å². The minimum absolute atomic E-state index is 0.0317. The average molecular weight is 293 g/mol. The van der Waals surface area contributed by atoms with Crippen molar-refractivity contribution in [3.63, 3.8) is 0 Å². The summed E-state index contributed by atoms with van der Waals surface area (Å²) in [4.78, 5) is 14.6. The molecule has 2 rings (SSSR count). The summed E-state index contributed by atoms with van der Waals surface area (Å²) >= 11 is 0. The number of aldehydes is 1. The maximum Gasteiger partial charge on any atom is 0.127 e. The third-order valence-electron chi connectivity index (χ3n) is 5.70. The molecule has 2 aliphatic carbocycles. The summed E-state index contributed by atoms with van der Waals surface area (Å²) in [6, 6.07) is 0.754. The first kappa shape index (κ1) is 17.0. The van der Waals surface area contributed by atoms with Crippen LogP contribution in [0.2, 0.25) is 0 Å². The van der Waals surface area contributed by atoms with Crippen LogP contribution in [0.15, 0.2) is 0 Å². The zero-order valence-corrected chi connectivity index (χ0v) is 14.3. The molecule has 0 aromatic rings. The third kappa shape index (κ3) is 5.09. The van der Waals surface area contributed by atoms with Crippen molar-refractivity contribution < 1.29 is 4.79 Å². The summed E-state index contributed by atoms with van der Waals surface area (Å²) in [6.07, 6.45) is 15.5. The van der Waals surface area contributed by atoms with Gasteiger partial charge in [-0.15, -0.1) is 0 Å². The molecule has 0 heterocycles. The van der Waals surface area contributed by atoms with Crippen molar-refractivity contribution in [2.24, 2.45) is 11.3 Å². The Balaban J connectivity index is 2.01. The molecule has 2 saturated carbocycles. The fourth-order valence-corrected chi connectivity index (χ4v) is 4.23. The smallest absolute Gasteiger partial charge is 0.127 e. The molecular formula is C19H35NO. The van der Waals surface area contributed by atoms with Crippen LogP contribution in [-0.2, 0) is 4.79 Å². The molecule has 2 fully saturated rings. The molecule has 0 atom stereocenters. The van der Waals surface area contributed by atoms with E-state index in [4.69, 9.17) is 0 Å². The van der Waals surface area contributed by atoms with Crippen LogP contribution < -0.4 is 0 Å². The predicted octanol–water partition coefficient (Wildman–Crippen LogP) is 4.82. The molecule has 2 nitrogen and oxygen atoms in total. The Morgan fingerprint density at radius 2 is 1.67 bits per heavy atom. The van der Waals surface area contributed by atoms with Crippen molar-refractivity contribution in [2.45, 2.75) is 90.5 Å². The van der Waals surface area contributed by atoms with Crippen molar-refractivity contribution in [3.8, 4) is 0 Å². The molecule has 122 valence electrons. The van der Waals surface area contributed by atoms with Gasteiger partial charge in [-0.25, -0.2) is 0 Å². The predicted molar refractivity (Wildman–Crippen MR) is 89.5 cm³/mol. The van der Waals surface area contributed by atoms with Gasteiger partial charge in [-0.2, -0.15) is 0 Å². The molecule has 0 N–H and O–H groups in total. The van der Waals surface area contributed by atoms with Crippen LogP contribution >= 0.6 is 0 Å². The molecule has 2 aliphatic rings. The van der Waals surface area contributed by atoms with Crippen LogP contribution in [-0.4, -0.2) is 30.3 Å². The van der Waals surface area contributed by atoms with Crippen LogP contribution in [0.4, 0.5) is 0 Å². The largest absolute Gasteiger partial charge is 0.303 e. The van der Waals surface area contributed by atoms with Crippen molar-refractivity contribution in [1.29, 1.82) is 0 Å². The van der Waals surface area contributed by atoms with Gasteiger partial charge in [0.1, 0.15) is 6.29 Å². The zero-order chi connectivity index (χ0) is 15.1. The highest BCUT2D eigenvalue weighted by Crippen LogP contribution is 2.36. The highest BCUT2D eigenvalue weighted by molar-refractivity contribution is 5.59. The summed E-state index contributed by atoms with van der Waals surface area (Å²) in [7, 11) is 0. The lowest BCUT2D eigenvalue weighted by atomic mass is 9.81. The van der Waals surface area contributed by atoms with Gasteiger partial charge in [0.05, 0.1) is 0 Å². The molecule has 0 amide bonds. The average Bonchev–Trinajstić information content (AvgIpc) is 2.90. The second kappa shape index (κ2) is 8.31. The Kier molecular flexibility index (Phi) is 6.73. The maximum atomic E-state index is 11.9. The van der Waals surface area contributed by atoms with E-state index in [0.717, 1.165) is 31.3 Å². The first-order valence-corrected chi connectivity index (χ1v) is 9.36. The normalized spacial score (nSPS) is 23.6. The number of nitrogens with zero attached hydrogens (tertiary/aromatic N) is 1. The van der Waals surface area contributed by atoms with Gasteiger partial charge in [0.2, 0.25) is 0 Å². The van der Waals surface area contributed by atoms with Gasteiger partial charge >= 0.3 is 0 Å². The third-order valence-corrected chi connectivity index (χ3v) is 5.70. The molecule has 0 aromatic heterocycles. The Bertz CT molecular complexity index is 299. The Morgan fingerprint density at radius 3 is 2.19 bits per heavy atom. The first-order valence-electron chi connectivity index (χ1n) is 9.36. The summed E-state index contributed by atoms with van der Waals surface area (Å²) < 4.78 is 0. The van der Waals surface area contributed by atoms with Crippen LogP contribution in [0.25, 0.3) is 0 Å². The summed E-state index contributed by atoms with van der Waals surface area (Å²) in [6.45, 7) is 6.85. The van der Waals surface area contributed by atoms with Gasteiger partial charge < -0.3 is 4.79 Å². The molecule has 21 heavy (non-hydrogen) atoms. The summed E-state index contributed by atoms with van der Waals surface area (Å²) in [5.41, 5.74) is -0.0317. The lowest BCUT2D eigenvalue weighted by Gasteiger charge is -2.37. The summed E-state index contributed by atoms with van der Waals surface area (Å²) in [5, 5.41) is 0. The van der Waals surface area contributed by atoms with Gasteiger partial charge in [-0.1, -0.05) is 52.4 Å². The van der Waals surface area contributed by atoms with E-state index < -0.39 is 0 Å². The van der Waals surface area contributed by atoms with E-state index in [1.807, 2.05) is 0 Å². The molecule has 0 aliphatic heterocycles. The minimum Gasteiger partial charge on any atom is -0.303 e. The molecule has 0 saturated heterocycles. The fraction of sp³-hybridized carbons (Fsp3) is 0.947. The van der Waals surface area contributed by atoms with E-state index in [1.54, 1.807) is 0 Å². The second-order valence-electron chi connectivity index (χ2n) is 7.99. The standard InChI is InChI=1S/C19H35NO/c1-17(2)11-14-20(18-9-5-6-10-18)15-19(16-21)12-7-3-4-8-13-19/h16-18H,3-15H2,1-2H3. The minimum atomic E-state index is -0.0317. The number of rotatable bonds is 7. The van der Waals surface area contributed by atoms with Crippen molar-refractivity contribution in [3.05, 3.63) is 0 Å². The van der Waals surface area contributed by atoms with Crippen LogP contribution in [0, 0.1) is 11.3 Å². The number of hydrogen-bond acceptors (Lipinski definition) is 2. The fourth-order valence-electron chi connectivity index (χ4n) is 4.23. The molecule has 0 spiro atoms. The van der Waals surface area contributed by atoms with Crippen LogP contribution in [0.3, 0.4) is 0 Å². The van der Waals surface area contributed by atoms with Gasteiger partial charge in [0.15, 0.2) is 0 Å². The molecule has 0 aromatic carbocycles. The van der Waals surface area contributed by atoms with E-state index in [-0.39, 0.29) is 5.41 Å². The second-order valence-corrected chi connectivity index (χ2v) is 7.99. The van der Waals surface area contributed by atoms with E-state index in [2.05, 4.69) is 18.7 Å². The number of carbonyl (C=O) groups is 1. The Hall–Kier alpha value is -0.370. The Morgan fingerprint density at radius 1 is 1.05 bits per heavy atom. The van der Waals surface area contributed by atoms with Crippen molar-refractivity contribution in [1.82, 2.24) is 4.90 Å². The van der Waals surface area contributed by atoms with Crippen molar-refractivity contribution in [2.75, 3.05) is 13.1 Å². The lowest BCUT2D eigenvalue weighted by molar-refractivity contribution is -0.118. The quantitative estimate of drug-likeness (QED) is 0.495. The van der Waals surface area contributed by atoms with Gasteiger partial charge in [-0.3, -0.25) is 4.90 Å². The van der Waals surface area contributed by atoms with Crippen molar-refractivity contribution >= 4 is 6.29 Å². The van der Waals surface area contributed by atoms with Gasteiger partial charge in [-0.05, 0) is 44.6 Å². The SMILES string of the molecule is CC(C)CCN(CC1(C=O)CCCCCC1)C1CCCC1. The van der Waals surface area contributed by atoms with Gasteiger partial charge in [0, 0.05) is 18.0 Å². The molecule has 0 unspecified atom stereocenters. The first-order chi connectivity index (χ1) is 10.2. The zero-order valence-electron chi connectivity index (χ0n) is 14.3. The molecular weight excluding hydrogens is 258 g/mol. The van der Waals surface area contributed by atoms with Crippen LogP contribution in [0.1, 0.15) is 84.5 Å².